The minimum absolute atomic E-state index is 0.347. The minimum Gasteiger partial charge on any atom is -0.463 e. The molecule has 5 nitrogen and oxygen atoms in total. The molecule has 0 fully saturated rings. The molecule has 0 saturated heterocycles. The highest BCUT2D eigenvalue weighted by Crippen LogP contribution is 2.25. The second-order valence-electron chi connectivity index (χ2n) is 6.87. The van der Waals surface area contributed by atoms with E-state index >= 15 is 0 Å². The van der Waals surface area contributed by atoms with E-state index in [9.17, 15) is 9.59 Å². The number of aryl methyl sites for hydroxylation is 1. The number of carbonyl (C=O) groups excluding carboxylic acids is 1. The highest BCUT2D eigenvalue weighted by Gasteiger charge is 2.17. The van der Waals surface area contributed by atoms with Crippen molar-refractivity contribution in [2.24, 2.45) is 0 Å². The van der Waals surface area contributed by atoms with Crippen LogP contribution in [0.1, 0.15) is 36.6 Å². The van der Waals surface area contributed by atoms with Crippen molar-refractivity contribution in [1.82, 2.24) is 4.57 Å². The Kier molecular flexibility index (Phi) is 6.85. The average Bonchev–Trinajstić information content (AvgIpc) is 3.03. The predicted molar refractivity (Wildman–Crippen MR) is 114 cm³/mol. The lowest BCUT2D eigenvalue weighted by Crippen LogP contribution is -2.16. The standard InChI is InChI=1S/C24H25NO4/c1-3-4-16-28-22(26)15-14-21-23(20-12-10-18(2)11-13-20)29-24(27)25(21)17-19-8-6-5-7-9-19/h5-15H,3-4,16-17H2,1-2H3/b15-14+. The van der Waals surface area contributed by atoms with Gasteiger partial charge in [-0.15, -0.1) is 0 Å². The zero-order valence-electron chi connectivity index (χ0n) is 16.8. The molecule has 3 rings (SSSR count). The molecule has 1 aromatic heterocycles. The smallest absolute Gasteiger partial charge is 0.420 e. The van der Waals surface area contributed by atoms with Gasteiger partial charge >= 0.3 is 11.7 Å². The normalized spacial score (nSPS) is 11.1. The van der Waals surface area contributed by atoms with Crippen molar-refractivity contribution in [1.29, 1.82) is 0 Å². The van der Waals surface area contributed by atoms with Crippen molar-refractivity contribution in [3.05, 3.63) is 88.0 Å². The van der Waals surface area contributed by atoms with Gasteiger partial charge in [0, 0.05) is 11.6 Å². The van der Waals surface area contributed by atoms with Gasteiger partial charge in [0.2, 0.25) is 0 Å². The largest absolute Gasteiger partial charge is 0.463 e. The van der Waals surface area contributed by atoms with Crippen molar-refractivity contribution in [2.75, 3.05) is 6.61 Å². The van der Waals surface area contributed by atoms with Gasteiger partial charge in [-0.1, -0.05) is 73.5 Å². The molecular weight excluding hydrogens is 366 g/mol. The first-order valence-corrected chi connectivity index (χ1v) is 9.78. The highest BCUT2D eigenvalue weighted by molar-refractivity contribution is 5.88. The molecule has 0 aliphatic heterocycles. The van der Waals surface area contributed by atoms with Crippen molar-refractivity contribution in [2.45, 2.75) is 33.2 Å². The Morgan fingerprint density at radius 2 is 1.83 bits per heavy atom. The number of hydrogen-bond acceptors (Lipinski definition) is 4. The summed E-state index contributed by atoms with van der Waals surface area (Å²) in [6.07, 6.45) is 4.71. The van der Waals surface area contributed by atoms with E-state index < -0.39 is 11.7 Å². The van der Waals surface area contributed by atoms with Crippen LogP contribution >= 0.6 is 0 Å². The molecule has 150 valence electrons. The first-order chi connectivity index (χ1) is 14.1. The van der Waals surface area contributed by atoms with Gasteiger partial charge in [0.1, 0.15) is 0 Å². The van der Waals surface area contributed by atoms with Gasteiger partial charge in [-0.05, 0) is 25.0 Å². The number of unbranched alkanes of at least 4 members (excludes halogenated alkanes) is 1. The maximum absolute atomic E-state index is 12.6. The Bertz CT molecular complexity index is 1030. The molecule has 0 radical (unpaired) electrons. The van der Waals surface area contributed by atoms with E-state index in [1.54, 1.807) is 6.08 Å². The van der Waals surface area contributed by atoms with Crippen molar-refractivity contribution >= 4 is 12.0 Å². The zero-order chi connectivity index (χ0) is 20.6. The van der Waals surface area contributed by atoms with Crippen LogP contribution < -0.4 is 5.76 Å². The van der Waals surface area contributed by atoms with Gasteiger partial charge in [0.05, 0.1) is 18.8 Å². The lowest BCUT2D eigenvalue weighted by atomic mass is 10.1. The maximum atomic E-state index is 12.6. The van der Waals surface area contributed by atoms with Gasteiger partial charge in [-0.3, -0.25) is 4.57 Å². The van der Waals surface area contributed by atoms with E-state index in [1.165, 1.54) is 10.6 Å². The third-order valence-corrected chi connectivity index (χ3v) is 4.55. The lowest BCUT2D eigenvalue weighted by Gasteiger charge is -2.06. The molecule has 0 atom stereocenters. The van der Waals surface area contributed by atoms with Crippen LogP contribution in [0.25, 0.3) is 17.4 Å². The molecule has 2 aromatic carbocycles. The molecular formula is C24H25NO4. The number of rotatable bonds is 8. The summed E-state index contributed by atoms with van der Waals surface area (Å²) in [5, 5.41) is 0. The van der Waals surface area contributed by atoms with Gasteiger partial charge < -0.3 is 9.15 Å². The number of oxazole rings is 1. The second kappa shape index (κ2) is 9.73. The molecule has 0 N–H and O–H groups in total. The number of aromatic nitrogens is 1. The first kappa shape index (κ1) is 20.4. The fourth-order valence-electron chi connectivity index (χ4n) is 2.92. The Balaban J connectivity index is 1.98. The molecule has 0 saturated carbocycles. The topological polar surface area (TPSA) is 61.4 Å². The summed E-state index contributed by atoms with van der Waals surface area (Å²) in [4.78, 5) is 24.6. The summed E-state index contributed by atoms with van der Waals surface area (Å²) in [6, 6.07) is 17.4. The second-order valence-corrected chi connectivity index (χ2v) is 6.87. The summed E-state index contributed by atoms with van der Waals surface area (Å²) in [6.45, 7) is 4.76. The summed E-state index contributed by atoms with van der Waals surface area (Å²) < 4.78 is 12.3. The minimum atomic E-state index is -0.469. The third-order valence-electron chi connectivity index (χ3n) is 4.55. The Hall–Kier alpha value is -3.34. The summed E-state index contributed by atoms with van der Waals surface area (Å²) in [7, 11) is 0. The maximum Gasteiger partial charge on any atom is 0.420 e. The van der Waals surface area contributed by atoms with Gasteiger partial charge in [0.25, 0.3) is 0 Å². The van der Waals surface area contributed by atoms with Crippen molar-refractivity contribution in [3.63, 3.8) is 0 Å². The van der Waals surface area contributed by atoms with Crippen LogP contribution in [0.15, 0.2) is 69.9 Å². The highest BCUT2D eigenvalue weighted by atomic mass is 16.5. The molecule has 0 spiro atoms. The molecule has 29 heavy (non-hydrogen) atoms. The van der Waals surface area contributed by atoms with Crippen molar-refractivity contribution in [3.8, 4) is 11.3 Å². The van der Waals surface area contributed by atoms with Crippen LogP contribution in [0.5, 0.6) is 0 Å². The summed E-state index contributed by atoms with van der Waals surface area (Å²) in [5.41, 5.74) is 3.39. The number of nitrogens with zero attached hydrogens (tertiary/aromatic N) is 1. The van der Waals surface area contributed by atoms with Gasteiger partial charge in [-0.25, -0.2) is 9.59 Å². The molecule has 0 unspecified atom stereocenters. The number of esters is 1. The lowest BCUT2D eigenvalue weighted by molar-refractivity contribution is -0.137. The average molecular weight is 391 g/mol. The molecule has 0 bridgehead atoms. The third kappa shape index (κ3) is 5.35. The Labute approximate surface area is 170 Å². The molecule has 5 heteroatoms. The van der Waals surface area contributed by atoms with Crippen LogP contribution in [0, 0.1) is 6.92 Å². The van der Waals surface area contributed by atoms with Gasteiger partial charge in [0.15, 0.2) is 5.76 Å². The van der Waals surface area contributed by atoms with Crippen LogP contribution in [-0.4, -0.2) is 17.1 Å². The van der Waals surface area contributed by atoms with E-state index in [2.05, 4.69) is 0 Å². The molecule has 1 heterocycles. The molecule has 0 aliphatic carbocycles. The van der Waals surface area contributed by atoms with E-state index in [4.69, 9.17) is 9.15 Å². The summed E-state index contributed by atoms with van der Waals surface area (Å²) >= 11 is 0. The molecule has 0 amide bonds. The SMILES string of the molecule is CCCCOC(=O)/C=C/c1c(-c2ccc(C)cc2)oc(=O)n1Cc1ccccc1. The fraction of sp³-hybridized carbons (Fsp3) is 0.250. The molecule has 0 aliphatic rings. The fourth-order valence-corrected chi connectivity index (χ4v) is 2.92. The van der Waals surface area contributed by atoms with Crippen LogP contribution in [0.4, 0.5) is 0 Å². The Morgan fingerprint density at radius 1 is 1.10 bits per heavy atom. The van der Waals surface area contributed by atoms with Crippen LogP contribution in [-0.2, 0) is 16.1 Å². The number of ether oxygens (including phenoxy) is 1. The van der Waals surface area contributed by atoms with Gasteiger partial charge in [-0.2, -0.15) is 0 Å². The summed E-state index contributed by atoms with van der Waals surface area (Å²) in [5.74, 6) is -0.472. The number of carbonyl (C=O) groups is 1. The van der Waals surface area contributed by atoms with Crippen LogP contribution in [0.3, 0.4) is 0 Å². The first-order valence-electron chi connectivity index (χ1n) is 9.78. The number of benzene rings is 2. The van der Waals surface area contributed by atoms with E-state index in [-0.39, 0.29) is 0 Å². The van der Waals surface area contributed by atoms with E-state index in [0.717, 1.165) is 29.5 Å². The Morgan fingerprint density at radius 3 is 2.52 bits per heavy atom. The quantitative estimate of drug-likeness (QED) is 0.314. The zero-order valence-corrected chi connectivity index (χ0v) is 16.8. The number of hydrogen-bond donors (Lipinski definition) is 0. The van der Waals surface area contributed by atoms with E-state index in [0.29, 0.717) is 24.6 Å². The van der Waals surface area contributed by atoms with E-state index in [1.807, 2.05) is 68.4 Å². The molecule has 3 aromatic rings. The monoisotopic (exact) mass is 391 g/mol. The van der Waals surface area contributed by atoms with Crippen molar-refractivity contribution < 1.29 is 13.9 Å². The van der Waals surface area contributed by atoms with Crippen LogP contribution in [0.2, 0.25) is 0 Å². The predicted octanol–water partition coefficient (Wildman–Crippen LogP) is 4.82.